The van der Waals surface area contributed by atoms with Crippen LogP contribution in [0.25, 0.3) is 0 Å². The quantitative estimate of drug-likeness (QED) is 0.194. The van der Waals surface area contributed by atoms with Gasteiger partial charge in [-0.05, 0) is 116 Å². The second kappa shape index (κ2) is 11.7. The van der Waals surface area contributed by atoms with Crippen LogP contribution in [0.4, 0.5) is 0 Å². The first kappa shape index (κ1) is 35.5. The number of ether oxygens (including phenoxy) is 2. The highest BCUT2D eigenvalue weighted by Crippen LogP contribution is 2.67. The van der Waals surface area contributed by atoms with Crippen molar-refractivity contribution >= 4 is 0 Å². The van der Waals surface area contributed by atoms with Crippen LogP contribution in [0.15, 0.2) is 61.2 Å². The van der Waals surface area contributed by atoms with E-state index in [9.17, 15) is 0 Å². The Bertz CT molecular complexity index is 2000. The molecule has 282 valence electrons. The lowest BCUT2D eigenvalue weighted by molar-refractivity contribution is 0.391. The minimum absolute atomic E-state index is 0.0123. The van der Waals surface area contributed by atoms with Crippen LogP contribution < -0.4 is 9.47 Å². The molecule has 4 heteroatoms. The Morgan fingerprint density at radius 2 is 0.630 bits per heavy atom. The number of nitrogens with one attached hydrogen (secondary N) is 2. The van der Waals surface area contributed by atoms with Gasteiger partial charge in [-0.2, -0.15) is 0 Å². The summed E-state index contributed by atoms with van der Waals surface area (Å²) >= 11 is 0. The first-order valence-electron chi connectivity index (χ1n) is 20.5. The SMILES string of the molecule is CC(C)(C)c1cc(Oc2c3c(c(Oc4cc(C(C)(C)C)cc(C(C)(C)C)c4)c4c2[C@H]2CC[C@@H]4c4c[nH]cc42)[C@H]2CC[C@@H]3c3c[nH]cc32)cc(C(C)(C)C)c1. The van der Waals surface area contributed by atoms with Crippen molar-refractivity contribution in [1.82, 2.24) is 9.97 Å². The van der Waals surface area contributed by atoms with Crippen LogP contribution in [0.1, 0.15) is 199 Å². The van der Waals surface area contributed by atoms with Crippen LogP contribution >= 0.6 is 0 Å². The van der Waals surface area contributed by atoms with E-state index in [1.807, 2.05) is 0 Å². The predicted molar refractivity (Wildman–Crippen MR) is 222 cm³/mol. The molecule has 0 fully saturated rings. The van der Waals surface area contributed by atoms with Crippen molar-refractivity contribution < 1.29 is 9.47 Å². The van der Waals surface area contributed by atoms with Gasteiger partial charge in [0.1, 0.15) is 23.0 Å². The summed E-state index contributed by atoms with van der Waals surface area (Å²) in [6.07, 6.45) is 13.5. The fourth-order valence-corrected chi connectivity index (χ4v) is 10.1. The van der Waals surface area contributed by atoms with Gasteiger partial charge < -0.3 is 19.4 Å². The molecule has 0 aliphatic heterocycles. The van der Waals surface area contributed by atoms with Crippen molar-refractivity contribution in [3.8, 4) is 23.0 Å². The van der Waals surface area contributed by atoms with Gasteiger partial charge in [0, 0.05) is 70.7 Å². The fourth-order valence-electron chi connectivity index (χ4n) is 10.1. The Labute approximate surface area is 323 Å². The van der Waals surface area contributed by atoms with E-state index in [4.69, 9.17) is 9.47 Å². The lowest BCUT2D eigenvalue weighted by atomic mass is 9.58. The standard InChI is InChI=1S/C50H60N2O2/c1-47(2,3)27-17-28(48(4,5)6)20-31(19-27)53-45-41-33-13-15-35(39-25-51-23-37(33)39)43(41)46(44-36-16-14-34(42(44)45)38-24-52-26-40(36)38)54-32-21-29(49(7,8)9)18-30(22-32)50(10,11)12/h17-26,33-36,51-52H,13-16H2,1-12H3/t33-,34+,35+,36-. The van der Waals surface area contributed by atoms with E-state index in [1.165, 1.54) is 66.8 Å². The van der Waals surface area contributed by atoms with Gasteiger partial charge >= 0.3 is 0 Å². The minimum Gasteiger partial charge on any atom is -0.457 e. The smallest absolute Gasteiger partial charge is 0.135 e. The molecule has 6 aliphatic carbocycles. The van der Waals surface area contributed by atoms with Crippen LogP contribution in [-0.2, 0) is 21.7 Å². The first-order chi connectivity index (χ1) is 25.3. The molecule has 4 nitrogen and oxygen atoms in total. The zero-order valence-electron chi connectivity index (χ0n) is 34.7. The largest absolute Gasteiger partial charge is 0.457 e. The predicted octanol–water partition coefficient (Wildman–Crippen LogP) is 13.9. The number of hydrogen-bond acceptors (Lipinski definition) is 2. The highest BCUT2D eigenvalue weighted by Gasteiger charge is 2.50. The molecule has 2 heterocycles. The molecule has 0 unspecified atom stereocenters. The second-order valence-electron chi connectivity index (χ2n) is 21.1. The van der Waals surface area contributed by atoms with Crippen LogP contribution in [-0.4, -0.2) is 9.97 Å². The van der Waals surface area contributed by atoms with Crippen molar-refractivity contribution in [2.45, 2.75) is 154 Å². The number of H-pyrrole nitrogens is 2. The van der Waals surface area contributed by atoms with Gasteiger partial charge in [0.25, 0.3) is 0 Å². The van der Waals surface area contributed by atoms with E-state index in [1.54, 1.807) is 0 Å². The van der Waals surface area contributed by atoms with E-state index in [0.29, 0.717) is 0 Å². The summed E-state index contributed by atoms with van der Waals surface area (Å²) in [6, 6.07) is 14.1. The van der Waals surface area contributed by atoms with E-state index in [0.717, 1.165) is 48.7 Å². The van der Waals surface area contributed by atoms with E-state index in [-0.39, 0.29) is 45.3 Å². The molecule has 2 N–H and O–H groups in total. The molecule has 11 rings (SSSR count). The van der Waals surface area contributed by atoms with Crippen LogP contribution in [0.5, 0.6) is 23.0 Å². The molecule has 6 aliphatic rings. The number of fused-ring (bicyclic) bond motifs is 2. The molecule has 0 saturated carbocycles. The maximum atomic E-state index is 7.59. The Morgan fingerprint density at radius 1 is 0.389 bits per heavy atom. The van der Waals surface area contributed by atoms with Crippen molar-refractivity contribution in [1.29, 1.82) is 0 Å². The summed E-state index contributed by atoms with van der Waals surface area (Å²) in [6.45, 7) is 27.7. The normalized spacial score (nSPS) is 21.4. The number of rotatable bonds is 4. The minimum atomic E-state index is -0.0123. The summed E-state index contributed by atoms with van der Waals surface area (Å²) in [5.74, 6) is 5.09. The molecule has 4 bridgehead atoms. The molecule has 54 heavy (non-hydrogen) atoms. The second-order valence-corrected chi connectivity index (χ2v) is 21.1. The molecule has 0 radical (unpaired) electrons. The Hall–Kier alpha value is -4.18. The summed E-state index contributed by atoms with van der Waals surface area (Å²) in [4.78, 5) is 7.07. The highest BCUT2D eigenvalue weighted by molar-refractivity contribution is 5.75. The molecule has 3 aromatic carbocycles. The third-order valence-electron chi connectivity index (χ3n) is 13.3. The first-order valence-corrected chi connectivity index (χ1v) is 20.5. The number of aromatic nitrogens is 2. The van der Waals surface area contributed by atoms with Crippen molar-refractivity contribution in [2.75, 3.05) is 0 Å². The number of hydrogen-bond donors (Lipinski definition) is 2. The molecular formula is C50H60N2O2. The highest BCUT2D eigenvalue weighted by atomic mass is 16.5. The van der Waals surface area contributed by atoms with Crippen molar-refractivity contribution in [3.63, 3.8) is 0 Å². The molecule has 0 saturated heterocycles. The average molecular weight is 721 g/mol. The van der Waals surface area contributed by atoms with E-state index >= 15 is 0 Å². The van der Waals surface area contributed by atoms with Crippen LogP contribution in [0.3, 0.4) is 0 Å². The van der Waals surface area contributed by atoms with Gasteiger partial charge in [0.2, 0.25) is 0 Å². The molecule has 0 spiro atoms. The Balaban J connectivity index is 1.34. The Morgan fingerprint density at radius 3 is 0.852 bits per heavy atom. The van der Waals surface area contributed by atoms with E-state index < -0.39 is 0 Å². The summed E-state index contributed by atoms with van der Waals surface area (Å²) < 4.78 is 15.2. The topological polar surface area (TPSA) is 50.0 Å². The maximum Gasteiger partial charge on any atom is 0.135 e. The summed E-state index contributed by atoms with van der Waals surface area (Å²) in [5, 5.41) is 0. The van der Waals surface area contributed by atoms with E-state index in [2.05, 4.69) is 154 Å². The lowest BCUT2D eigenvalue weighted by Gasteiger charge is -2.46. The zero-order valence-corrected chi connectivity index (χ0v) is 34.7. The van der Waals surface area contributed by atoms with Crippen molar-refractivity contribution in [2.24, 2.45) is 0 Å². The monoisotopic (exact) mass is 720 g/mol. The number of aromatic amines is 2. The van der Waals surface area contributed by atoms with Gasteiger partial charge in [0.05, 0.1) is 0 Å². The third-order valence-corrected chi connectivity index (χ3v) is 13.3. The van der Waals surface area contributed by atoms with Gasteiger partial charge in [-0.1, -0.05) is 95.2 Å². The lowest BCUT2D eigenvalue weighted by Crippen LogP contribution is -2.30. The third kappa shape index (κ3) is 5.52. The zero-order chi connectivity index (χ0) is 38.3. The number of benzene rings is 3. The maximum absolute atomic E-state index is 7.59. The molecule has 2 aromatic heterocycles. The summed E-state index contributed by atoms with van der Waals surface area (Å²) in [5.41, 5.74) is 16.4. The van der Waals surface area contributed by atoms with Crippen LogP contribution in [0, 0.1) is 0 Å². The van der Waals surface area contributed by atoms with Gasteiger partial charge in [0.15, 0.2) is 0 Å². The van der Waals surface area contributed by atoms with Crippen molar-refractivity contribution in [3.05, 3.63) is 128 Å². The molecular weight excluding hydrogens is 661 g/mol. The van der Waals surface area contributed by atoms with Crippen LogP contribution in [0.2, 0.25) is 0 Å². The molecule has 0 amide bonds. The van der Waals surface area contributed by atoms with Gasteiger partial charge in [-0.25, -0.2) is 0 Å². The van der Waals surface area contributed by atoms with Gasteiger partial charge in [-0.3, -0.25) is 0 Å². The molecule has 5 aromatic rings. The molecule has 4 atom stereocenters. The average Bonchev–Trinajstić information content (AvgIpc) is 3.80. The van der Waals surface area contributed by atoms with Gasteiger partial charge in [-0.15, -0.1) is 0 Å². The summed E-state index contributed by atoms with van der Waals surface area (Å²) in [7, 11) is 0. The Kier molecular flexibility index (Phi) is 7.67. The fraction of sp³-hybridized carbons (Fsp3) is 0.480.